The maximum Gasteiger partial charge on any atom is 0.0192 e. The first kappa shape index (κ1) is 13.4. The topological polar surface area (TPSA) is 24.1 Å². The normalized spacial score (nSPS) is 29.8. The molecule has 0 aromatic rings. The van der Waals surface area contributed by atoms with Crippen molar-refractivity contribution in [2.24, 2.45) is 5.92 Å². The lowest BCUT2D eigenvalue weighted by molar-refractivity contribution is 0.307. The smallest absolute Gasteiger partial charge is 0.0192 e. The van der Waals surface area contributed by atoms with Gasteiger partial charge >= 0.3 is 0 Å². The van der Waals surface area contributed by atoms with Gasteiger partial charge in [0.2, 0.25) is 0 Å². The molecular formula is C15H30N2. The summed E-state index contributed by atoms with van der Waals surface area (Å²) in [6.07, 6.45) is 12.9. The van der Waals surface area contributed by atoms with Crippen LogP contribution < -0.4 is 10.6 Å². The molecule has 100 valence electrons. The van der Waals surface area contributed by atoms with Crippen LogP contribution in [0, 0.1) is 5.92 Å². The van der Waals surface area contributed by atoms with Gasteiger partial charge in [-0.2, -0.15) is 0 Å². The minimum absolute atomic E-state index is 0.719. The van der Waals surface area contributed by atoms with Crippen molar-refractivity contribution in [3.05, 3.63) is 0 Å². The van der Waals surface area contributed by atoms with E-state index < -0.39 is 0 Å². The average molecular weight is 238 g/mol. The van der Waals surface area contributed by atoms with Gasteiger partial charge in [-0.3, -0.25) is 0 Å². The quantitative estimate of drug-likeness (QED) is 0.736. The highest BCUT2D eigenvalue weighted by molar-refractivity contribution is 4.79. The van der Waals surface area contributed by atoms with Gasteiger partial charge in [-0.05, 0) is 45.1 Å². The maximum absolute atomic E-state index is 3.79. The van der Waals surface area contributed by atoms with E-state index in [4.69, 9.17) is 0 Å². The molecule has 2 rings (SSSR count). The lowest BCUT2D eigenvalue weighted by Gasteiger charge is -2.28. The Balaban J connectivity index is 1.66. The van der Waals surface area contributed by atoms with E-state index in [0.29, 0.717) is 0 Å². The highest BCUT2D eigenvalue weighted by Gasteiger charge is 2.20. The summed E-state index contributed by atoms with van der Waals surface area (Å²) in [5, 5.41) is 7.41. The Morgan fingerprint density at radius 1 is 1.00 bits per heavy atom. The van der Waals surface area contributed by atoms with E-state index in [9.17, 15) is 0 Å². The fourth-order valence-corrected chi connectivity index (χ4v) is 3.40. The maximum atomic E-state index is 3.79. The van der Waals surface area contributed by atoms with Crippen LogP contribution in [0.3, 0.4) is 0 Å². The van der Waals surface area contributed by atoms with Crippen molar-refractivity contribution in [2.45, 2.75) is 76.8 Å². The summed E-state index contributed by atoms with van der Waals surface area (Å²) >= 11 is 0. The van der Waals surface area contributed by atoms with E-state index in [1.165, 1.54) is 70.9 Å². The molecule has 1 aliphatic carbocycles. The highest BCUT2D eigenvalue weighted by Crippen LogP contribution is 2.25. The predicted octanol–water partition coefficient (Wildman–Crippen LogP) is 3.08. The minimum Gasteiger partial charge on any atom is -0.313 e. The highest BCUT2D eigenvalue weighted by atomic mass is 15.0. The Kier molecular flexibility index (Phi) is 5.79. The van der Waals surface area contributed by atoms with E-state index in [-0.39, 0.29) is 0 Å². The van der Waals surface area contributed by atoms with E-state index in [1.54, 1.807) is 0 Å². The molecule has 1 heterocycles. The molecule has 0 radical (unpaired) electrons. The summed E-state index contributed by atoms with van der Waals surface area (Å²) in [4.78, 5) is 0. The van der Waals surface area contributed by atoms with Crippen LogP contribution in [0.15, 0.2) is 0 Å². The van der Waals surface area contributed by atoms with Crippen molar-refractivity contribution >= 4 is 0 Å². The molecular weight excluding hydrogens is 208 g/mol. The van der Waals surface area contributed by atoms with Crippen LogP contribution in [0.2, 0.25) is 0 Å². The second-order valence-corrected chi connectivity index (χ2v) is 6.10. The Morgan fingerprint density at radius 3 is 2.35 bits per heavy atom. The lowest BCUT2D eigenvalue weighted by atomic mass is 9.92. The molecule has 0 bridgehead atoms. The standard InChI is InChI=1S/C15H30N2/c1-13(14-8-4-2-3-5-9-14)17-12-15-10-6-7-11-16-15/h13-17H,2-12H2,1H3/t13-,15?/m0/s1. The minimum atomic E-state index is 0.719. The first-order valence-corrected chi connectivity index (χ1v) is 7.83. The van der Waals surface area contributed by atoms with Crippen molar-refractivity contribution in [3.63, 3.8) is 0 Å². The largest absolute Gasteiger partial charge is 0.313 e. The van der Waals surface area contributed by atoms with Crippen molar-refractivity contribution in [2.75, 3.05) is 13.1 Å². The molecule has 2 heteroatoms. The fourth-order valence-electron chi connectivity index (χ4n) is 3.40. The second kappa shape index (κ2) is 7.38. The molecule has 2 fully saturated rings. The van der Waals surface area contributed by atoms with Gasteiger partial charge < -0.3 is 10.6 Å². The van der Waals surface area contributed by atoms with Crippen molar-refractivity contribution in [3.8, 4) is 0 Å². The molecule has 2 nitrogen and oxygen atoms in total. The van der Waals surface area contributed by atoms with Gasteiger partial charge in [0.15, 0.2) is 0 Å². The van der Waals surface area contributed by atoms with Gasteiger partial charge in [0, 0.05) is 18.6 Å². The third kappa shape index (κ3) is 4.59. The first-order chi connectivity index (χ1) is 8.36. The predicted molar refractivity (Wildman–Crippen MR) is 74.3 cm³/mol. The van der Waals surface area contributed by atoms with E-state index in [1.807, 2.05) is 0 Å². The van der Waals surface area contributed by atoms with Gasteiger partial charge in [-0.25, -0.2) is 0 Å². The molecule has 2 aliphatic rings. The van der Waals surface area contributed by atoms with Crippen molar-refractivity contribution < 1.29 is 0 Å². The zero-order chi connectivity index (χ0) is 11.9. The van der Waals surface area contributed by atoms with Crippen molar-refractivity contribution in [1.29, 1.82) is 0 Å². The number of rotatable bonds is 4. The molecule has 1 saturated carbocycles. The Hall–Kier alpha value is -0.0800. The second-order valence-electron chi connectivity index (χ2n) is 6.10. The first-order valence-electron chi connectivity index (χ1n) is 7.83. The van der Waals surface area contributed by atoms with Crippen molar-refractivity contribution in [1.82, 2.24) is 10.6 Å². The molecule has 0 amide bonds. The van der Waals surface area contributed by atoms with Gasteiger partial charge in [-0.1, -0.05) is 32.1 Å². The lowest BCUT2D eigenvalue weighted by Crippen LogP contribution is -2.45. The van der Waals surface area contributed by atoms with Crippen LogP contribution in [0.25, 0.3) is 0 Å². The van der Waals surface area contributed by atoms with Crippen LogP contribution in [-0.4, -0.2) is 25.2 Å². The molecule has 1 saturated heterocycles. The van der Waals surface area contributed by atoms with E-state index >= 15 is 0 Å². The van der Waals surface area contributed by atoms with E-state index in [2.05, 4.69) is 17.6 Å². The van der Waals surface area contributed by atoms with Crippen LogP contribution in [0.5, 0.6) is 0 Å². The zero-order valence-corrected chi connectivity index (χ0v) is 11.5. The summed E-state index contributed by atoms with van der Waals surface area (Å²) in [5.41, 5.74) is 0. The summed E-state index contributed by atoms with van der Waals surface area (Å²) < 4.78 is 0. The molecule has 2 N–H and O–H groups in total. The number of piperidine rings is 1. The third-order valence-electron chi connectivity index (χ3n) is 4.71. The summed E-state index contributed by atoms with van der Waals surface area (Å²) in [7, 11) is 0. The van der Waals surface area contributed by atoms with Gasteiger partial charge in [0.05, 0.1) is 0 Å². The van der Waals surface area contributed by atoms with Gasteiger partial charge in [0.25, 0.3) is 0 Å². The SMILES string of the molecule is C[C@H](NCC1CCCCN1)C1CCCCCC1. The van der Waals surface area contributed by atoms with Crippen LogP contribution in [-0.2, 0) is 0 Å². The van der Waals surface area contributed by atoms with Crippen LogP contribution in [0.1, 0.15) is 64.7 Å². The Bertz CT molecular complexity index is 191. The Morgan fingerprint density at radius 2 is 1.71 bits per heavy atom. The van der Waals surface area contributed by atoms with Crippen LogP contribution in [0.4, 0.5) is 0 Å². The third-order valence-corrected chi connectivity index (χ3v) is 4.71. The molecule has 0 aromatic heterocycles. The Labute approximate surface area is 107 Å². The molecule has 0 spiro atoms. The summed E-state index contributed by atoms with van der Waals surface area (Å²) in [5.74, 6) is 0.932. The van der Waals surface area contributed by atoms with Gasteiger partial charge in [0.1, 0.15) is 0 Å². The number of hydrogen-bond donors (Lipinski definition) is 2. The summed E-state index contributed by atoms with van der Waals surface area (Å²) in [6, 6.07) is 1.45. The molecule has 0 aromatic carbocycles. The molecule has 1 unspecified atom stereocenters. The van der Waals surface area contributed by atoms with Crippen LogP contribution >= 0.6 is 0 Å². The number of hydrogen-bond acceptors (Lipinski definition) is 2. The zero-order valence-electron chi connectivity index (χ0n) is 11.5. The monoisotopic (exact) mass is 238 g/mol. The molecule has 17 heavy (non-hydrogen) atoms. The van der Waals surface area contributed by atoms with E-state index in [0.717, 1.165) is 18.0 Å². The molecule has 2 atom stereocenters. The number of nitrogens with one attached hydrogen (secondary N) is 2. The average Bonchev–Trinajstić information content (AvgIpc) is 2.66. The summed E-state index contributed by atoms with van der Waals surface area (Å²) in [6.45, 7) is 4.81. The van der Waals surface area contributed by atoms with Gasteiger partial charge in [-0.15, -0.1) is 0 Å². The fraction of sp³-hybridized carbons (Fsp3) is 1.00. The molecule has 1 aliphatic heterocycles.